The minimum atomic E-state index is -0.0598. The lowest BCUT2D eigenvalue weighted by Gasteiger charge is -2.34. The molecule has 36 heavy (non-hydrogen) atoms. The van der Waals surface area contributed by atoms with Gasteiger partial charge >= 0.3 is 0 Å². The van der Waals surface area contributed by atoms with Crippen LogP contribution in [0.15, 0.2) is 42.5 Å². The zero-order valence-corrected chi connectivity index (χ0v) is 22.0. The summed E-state index contributed by atoms with van der Waals surface area (Å²) < 4.78 is 6.07. The van der Waals surface area contributed by atoms with Gasteiger partial charge in [0.05, 0.1) is 5.92 Å². The first kappa shape index (κ1) is 26.2. The molecule has 2 heterocycles. The third kappa shape index (κ3) is 6.86. The van der Waals surface area contributed by atoms with E-state index in [9.17, 15) is 9.59 Å². The van der Waals surface area contributed by atoms with E-state index in [1.165, 1.54) is 23.6 Å². The number of rotatable bonds is 8. The monoisotopic (exact) mass is 492 g/mol. The molecule has 2 aromatic carbocycles. The molecular formula is C29H40N4O3. The summed E-state index contributed by atoms with van der Waals surface area (Å²) in [6, 6.07) is 14.6. The van der Waals surface area contributed by atoms with Crippen LogP contribution in [0.1, 0.15) is 50.3 Å². The van der Waals surface area contributed by atoms with E-state index in [-0.39, 0.29) is 11.8 Å². The largest absolute Gasteiger partial charge is 0.492 e. The number of ether oxygens (including phenoxy) is 1. The number of piperidine rings is 1. The molecule has 2 amide bonds. The Morgan fingerprint density at radius 3 is 2.44 bits per heavy atom. The molecule has 1 unspecified atom stereocenters. The number of fused-ring (bicyclic) bond motifs is 1. The van der Waals surface area contributed by atoms with E-state index in [4.69, 9.17) is 4.74 Å². The number of likely N-dealkylation sites (tertiary alicyclic amines) is 1. The highest BCUT2D eigenvalue weighted by Gasteiger charge is 2.28. The predicted octanol–water partition coefficient (Wildman–Crippen LogP) is 4.12. The molecule has 1 fully saturated rings. The van der Waals surface area contributed by atoms with Gasteiger partial charge < -0.3 is 15.0 Å². The summed E-state index contributed by atoms with van der Waals surface area (Å²) in [7, 11) is 0. The van der Waals surface area contributed by atoms with Crippen molar-refractivity contribution in [3.63, 3.8) is 0 Å². The second-order valence-corrected chi connectivity index (χ2v) is 9.96. The molecule has 2 aromatic rings. The van der Waals surface area contributed by atoms with E-state index >= 15 is 0 Å². The van der Waals surface area contributed by atoms with Gasteiger partial charge in [0.1, 0.15) is 12.4 Å². The number of nitrogens with one attached hydrogen (secondary N) is 1. The quantitative estimate of drug-likeness (QED) is 0.601. The normalized spacial score (nSPS) is 18.6. The fourth-order valence-corrected chi connectivity index (χ4v) is 5.34. The number of amides is 2. The van der Waals surface area contributed by atoms with E-state index in [0.717, 1.165) is 76.6 Å². The maximum Gasteiger partial charge on any atom is 0.226 e. The number of benzene rings is 2. The Bertz CT molecular complexity index is 1040. The summed E-state index contributed by atoms with van der Waals surface area (Å²) in [5.74, 6) is 1.32. The molecular weight excluding hydrogens is 452 g/mol. The number of anilines is 1. The second-order valence-electron chi connectivity index (χ2n) is 9.96. The molecule has 0 saturated carbocycles. The zero-order valence-electron chi connectivity index (χ0n) is 22.0. The fourth-order valence-electron chi connectivity index (χ4n) is 5.34. The van der Waals surface area contributed by atoms with Gasteiger partial charge in [-0.3, -0.25) is 19.4 Å². The van der Waals surface area contributed by atoms with Gasteiger partial charge in [-0.05, 0) is 68.6 Å². The molecule has 7 nitrogen and oxygen atoms in total. The van der Waals surface area contributed by atoms with Crippen LogP contribution in [0.5, 0.6) is 5.75 Å². The number of hydrogen-bond donors (Lipinski definition) is 1. The van der Waals surface area contributed by atoms with E-state index in [0.29, 0.717) is 12.5 Å². The van der Waals surface area contributed by atoms with Gasteiger partial charge in [0.15, 0.2) is 0 Å². The van der Waals surface area contributed by atoms with E-state index < -0.39 is 0 Å². The van der Waals surface area contributed by atoms with Gasteiger partial charge in [0.25, 0.3) is 0 Å². The minimum Gasteiger partial charge on any atom is -0.492 e. The SMILES string of the molecule is CCN(CC)C(=O)C1CCCN(Cc2ccc3c(c2)CN(Cc2ccc(NC(C)=O)cc2)CCO3)C1. The fraction of sp³-hybridized carbons (Fsp3) is 0.517. The van der Waals surface area contributed by atoms with Crippen molar-refractivity contribution in [3.8, 4) is 5.75 Å². The molecule has 1 saturated heterocycles. The molecule has 1 N–H and O–H groups in total. The highest BCUT2D eigenvalue weighted by Crippen LogP contribution is 2.27. The maximum atomic E-state index is 12.9. The molecule has 0 aliphatic carbocycles. The first-order valence-electron chi connectivity index (χ1n) is 13.3. The van der Waals surface area contributed by atoms with Gasteiger partial charge in [-0.2, -0.15) is 0 Å². The van der Waals surface area contributed by atoms with Gasteiger partial charge in [-0.15, -0.1) is 0 Å². The Morgan fingerprint density at radius 1 is 1.00 bits per heavy atom. The molecule has 2 aliphatic heterocycles. The third-order valence-corrected chi connectivity index (χ3v) is 7.20. The highest BCUT2D eigenvalue weighted by atomic mass is 16.5. The molecule has 0 bridgehead atoms. The summed E-state index contributed by atoms with van der Waals surface area (Å²) in [4.78, 5) is 31.0. The van der Waals surface area contributed by atoms with Gasteiger partial charge in [0, 0.05) is 64.0 Å². The summed E-state index contributed by atoms with van der Waals surface area (Å²) in [6.45, 7) is 13.1. The standard InChI is InChI=1S/C29H40N4O3/c1-4-33(5-2)29(35)25-7-6-14-31(20-25)19-24-10-13-28-26(17-24)21-32(15-16-36-28)18-23-8-11-27(12-9-23)30-22(3)34/h8-13,17,25H,4-7,14-16,18-21H2,1-3H3,(H,30,34). The molecule has 4 rings (SSSR count). The van der Waals surface area contributed by atoms with Crippen LogP contribution in [0.3, 0.4) is 0 Å². The number of carbonyl (C=O) groups excluding carboxylic acids is 2. The van der Waals surface area contributed by atoms with Crippen molar-refractivity contribution in [2.75, 3.05) is 44.6 Å². The molecule has 2 aliphatic rings. The van der Waals surface area contributed by atoms with E-state index in [1.807, 2.05) is 17.0 Å². The van der Waals surface area contributed by atoms with Gasteiger partial charge in [-0.25, -0.2) is 0 Å². The van der Waals surface area contributed by atoms with Gasteiger partial charge in [0.2, 0.25) is 11.8 Å². The van der Waals surface area contributed by atoms with Crippen molar-refractivity contribution < 1.29 is 14.3 Å². The maximum absolute atomic E-state index is 12.9. The predicted molar refractivity (Wildman–Crippen MR) is 143 cm³/mol. The lowest BCUT2D eigenvalue weighted by Crippen LogP contribution is -2.44. The Labute approximate surface area is 215 Å². The minimum absolute atomic E-state index is 0.0598. The van der Waals surface area contributed by atoms with E-state index in [1.54, 1.807) is 0 Å². The Balaban J connectivity index is 1.38. The van der Waals surface area contributed by atoms with Crippen molar-refractivity contribution in [2.24, 2.45) is 5.92 Å². The van der Waals surface area contributed by atoms with Crippen molar-refractivity contribution >= 4 is 17.5 Å². The van der Waals surface area contributed by atoms with Crippen molar-refractivity contribution in [2.45, 2.75) is 53.2 Å². The van der Waals surface area contributed by atoms with Crippen LogP contribution >= 0.6 is 0 Å². The van der Waals surface area contributed by atoms with Crippen LogP contribution in [0.25, 0.3) is 0 Å². The summed E-state index contributed by atoms with van der Waals surface area (Å²) in [5.41, 5.74) is 4.52. The molecule has 194 valence electrons. The topological polar surface area (TPSA) is 65.1 Å². The first-order valence-corrected chi connectivity index (χ1v) is 13.3. The van der Waals surface area contributed by atoms with Crippen LogP contribution in [0.2, 0.25) is 0 Å². The van der Waals surface area contributed by atoms with Crippen LogP contribution in [0.4, 0.5) is 5.69 Å². The Morgan fingerprint density at radius 2 is 1.72 bits per heavy atom. The second kappa shape index (κ2) is 12.4. The van der Waals surface area contributed by atoms with Crippen molar-refractivity contribution in [3.05, 3.63) is 59.2 Å². The number of carbonyl (C=O) groups is 2. The van der Waals surface area contributed by atoms with Crippen LogP contribution in [-0.4, -0.2) is 65.8 Å². The highest BCUT2D eigenvalue weighted by molar-refractivity contribution is 5.88. The van der Waals surface area contributed by atoms with E-state index in [2.05, 4.69) is 59.3 Å². The van der Waals surface area contributed by atoms with Crippen LogP contribution in [-0.2, 0) is 29.2 Å². The number of nitrogens with zero attached hydrogens (tertiary/aromatic N) is 3. The average molecular weight is 493 g/mol. The third-order valence-electron chi connectivity index (χ3n) is 7.20. The van der Waals surface area contributed by atoms with Crippen molar-refractivity contribution in [1.82, 2.24) is 14.7 Å². The van der Waals surface area contributed by atoms with Crippen LogP contribution < -0.4 is 10.1 Å². The van der Waals surface area contributed by atoms with Crippen molar-refractivity contribution in [1.29, 1.82) is 0 Å². The lowest BCUT2D eigenvalue weighted by molar-refractivity contribution is -0.137. The zero-order chi connectivity index (χ0) is 25.5. The smallest absolute Gasteiger partial charge is 0.226 e. The average Bonchev–Trinajstić information content (AvgIpc) is 3.07. The Kier molecular flexibility index (Phi) is 8.99. The Hall–Kier alpha value is -2.90. The molecule has 7 heteroatoms. The molecule has 0 aromatic heterocycles. The molecule has 0 spiro atoms. The lowest BCUT2D eigenvalue weighted by atomic mass is 9.95. The first-order chi connectivity index (χ1) is 17.4. The number of hydrogen-bond acceptors (Lipinski definition) is 5. The summed E-state index contributed by atoms with van der Waals surface area (Å²) in [5, 5.41) is 2.82. The summed E-state index contributed by atoms with van der Waals surface area (Å²) >= 11 is 0. The summed E-state index contributed by atoms with van der Waals surface area (Å²) in [6.07, 6.45) is 2.06. The van der Waals surface area contributed by atoms with Crippen LogP contribution in [0, 0.1) is 5.92 Å². The van der Waals surface area contributed by atoms with Gasteiger partial charge in [-0.1, -0.05) is 18.2 Å². The molecule has 0 radical (unpaired) electrons. The molecule has 1 atom stereocenters.